The van der Waals surface area contributed by atoms with E-state index in [-0.39, 0.29) is 37.7 Å². The van der Waals surface area contributed by atoms with Crippen molar-refractivity contribution in [2.75, 3.05) is 39.2 Å². The highest BCUT2D eigenvalue weighted by atomic mass is 16.7. The van der Waals surface area contributed by atoms with Crippen molar-refractivity contribution < 1.29 is 71.5 Å². The minimum absolute atomic E-state index is 0.0141. The molecule has 1 aliphatic rings. The van der Waals surface area contributed by atoms with Crippen LogP contribution in [0.5, 0.6) is 5.75 Å². The van der Waals surface area contributed by atoms with E-state index in [9.17, 15) is 33.6 Å². The number of hydrogen-bond acceptors (Lipinski definition) is 17. The van der Waals surface area contributed by atoms with Gasteiger partial charge in [0.1, 0.15) is 31.6 Å². The van der Waals surface area contributed by atoms with Crippen LogP contribution >= 0.6 is 0 Å². The predicted molar refractivity (Wildman–Crippen MR) is 171 cm³/mol. The van der Waals surface area contributed by atoms with Gasteiger partial charge in [-0.2, -0.15) is 4.68 Å². The van der Waals surface area contributed by atoms with Gasteiger partial charge in [-0.3, -0.25) is 24.0 Å². The normalized spacial score (nSPS) is 19.2. The van der Waals surface area contributed by atoms with Gasteiger partial charge in [-0.15, -0.1) is 11.5 Å². The summed E-state index contributed by atoms with van der Waals surface area (Å²) in [5, 5.41) is 6.30. The molecule has 280 valence electrons. The van der Waals surface area contributed by atoms with Crippen molar-refractivity contribution in [1.29, 1.82) is 0 Å². The minimum Gasteiger partial charge on any atom is -0.467 e. The summed E-state index contributed by atoms with van der Waals surface area (Å²) < 4.78 is 43.9. The molecule has 1 aromatic carbocycles. The molecule has 1 saturated heterocycles. The average molecular weight is 732 g/mol. The number of nitrogens with zero attached hydrogens (tertiary/aromatic N) is 4. The maximum absolute atomic E-state index is 13.2. The second-order valence-corrected chi connectivity index (χ2v) is 10.8. The summed E-state index contributed by atoms with van der Waals surface area (Å²) in [6, 6.07) is 4.13. The van der Waals surface area contributed by atoms with Crippen molar-refractivity contribution >= 4 is 47.5 Å². The quantitative estimate of drug-likeness (QED) is 0.109. The highest BCUT2D eigenvalue weighted by Crippen LogP contribution is 2.34. The number of esters is 4. The van der Waals surface area contributed by atoms with E-state index in [2.05, 4.69) is 21.3 Å². The fourth-order valence-electron chi connectivity index (χ4n) is 4.66. The Morgan fingerprint density at radius 2 is 1.67 bits per heavy atom. The zero-order chi connectivity index (χ0) is 38.4. The standard InChI is InChI=1S/C32H37N5O15/c1-7-11-46-12-10-25(42)36(5)14-24(41)35-22-13-21(15-47-32(44)37-17-33-16-34-37)8-9-23(22)51-31-29(50-20(4)40)27(49-19(3)39)26(48-18(2)38)28(52-31)30(43)45-6/h1,8-9,13,16-17,26-29,31H,10-12,14-15H2,2-6H3,(H,35,41)/t26-,27?,28?,29?,31-/m1/s1. The molecule has 2 heterocycles. The van der Waals surface area contributed by atoms with E-state index < -0.39 is 79.0 Å². The van der Waals surface area contributed by atoms with E-state index >= 15 is 0 Å². The number of terminal acetylenes is 1. The van der Waals surface area contributed by atoms with Crippen LogP contribution in [0.3, 0.4) is 0 Å². The van der Waals surface area contributed by atoms with E-state index in [4.69, 9.17) is 44.3 Å². The van der Waals surface area contributed by atoms with Crippen LogP contribution in [0.4, 0.5) is 10.5 Å². The molecule has 52 heavy (non-hydrogen) atoms. The van der Waals surface area contributed by atoms with Gasteiger partial charge < -0.3 is 48.1 Å². The van der Waals surface area contributed by atoms with Crippen LogP contribution in [0.1, 0.15) is 32.8 Å². The molecule has 20 nitrogen and oxygen atoms in total. The van der Waals surface area contributed by atoms with E-state index in [0.717, 1.165) is 50.1 Å². The van der Waals surface area contributed by atoms with Crippen LogP contribution in [-0.4, -0.2) is 126 Å². The SMILES string of the molecule is C#CCOCCC(=O)N(C)CC(=O)Nc1cc(COC(=O)n2cncn2)ccc1O[C@@H]1OC(C(=O)OC)[C@H](OC(C)=O)C(OC(C)=O)C1OC(C)=O. The summed E-state index contributed by atoms with van der Waals surface area (Å²) in [6.45, 7) is 2.39. The first-order valence-corrected chi connectivity index (χ1v) is 15.3. The van der Waals surface area contributed by atoms with Gasteiger partial charge in [0.2, 0.25) is 24.2 Å². The van der Waals surface area contributed by atoms with Crippen molar-refractivity contribution in [3.8, 4) is 18.1 Å². The fraction of sp³-hybridized carbons (Fsp3) is 0.469. The number of nitrogens with one attached hydrogen (secondary N) is 1. The lowest BCUT2D eigenvalue weighted by molar-refractivity contribution is -0.282. The van der Waals surface area contributed by atoms with Gasteiger partial charge >= 0.3 is 30.0 Å². The number of benzene rings is 1. The predicted octanol–water partition coefficient (Wildman–Crippen LogP) is -0.0284. The zero-order valence-electron chi connectivity index (χ0n) is 28.8. The van der Waals surface area contributed by atoms with E-state index in [1.165, 1.54) is 25.2 Å². The third-order valence-electron chi connectivity index (χ3n) is 6.82. The summed E-state index contributed by atoms with van der Waals surface area (Å²) in [4.78, 5) is 92.1. The van der Waals surface area contributed by atoms with Crippen molar-refractivity contribution in [3.63, 3.8) is 0 Å². The number of ether oxygens (including phenoxy) is 8. The number of carbonyl (C=O) groups excluding carboxylic acids is 7. The number of rotatable bonds is 15. The van der Waals surface area contributed by atoms with Crippen LogP contribution in [0.15, 0.2) is 30.9 Å². The minimum atomic E-state index is -1.76. The highest BCUT2D eigenvalue weighted by Gasteiger charge is 2.56. The molecule has 0 bridgehead atoms. The smallest absolute Gasteiger partial charge is 0.436 e. The first-order chi connectivity index (χ1) is 24.7. The summed E-state index contributed by atoms with van der Waals surface area (Å²) in [6.07, 6.45) is -1.98. The number of anilines is 1. The first-order valence-electron chi connectivity index (χ1n) is 15.3. The Morgan fingerprint density at radius 1 is 1.00 bits per heavy atom. The summed E-state index contributed by atoms with van der Waals surface area (Å²) in [5.41, 5.74) is 0.260. The Hall–Kier alpha value is -6.07. The fourth-order valence-corrected chi connectivity index (χ4v) is 4.66. The maximum atomic E-state index is 13.2. The number of amides is 2. The molecule has 0 spiro atoms. The molecule has 1 aliphatic heterocycles. The molecule has 5 atom stereocenters. The summed E-state index contributed by atoms with van der Waals surface area (Å²) in [5.74, 6) is -2.76. The highest BCUT2D eigenvalue weighted by molar-refractivity contribution is 5.95. The lowest BCUT2D eigenvalue weighted by Crippen LogP contribution is -2.64. The summed E-state index contributed by atoms with van der Waals surface area (Å²) in [7, 11) is 2.42. The molecule has 3 unspecified atom stereocenters. The van der Waals surface area contributed by atoms with E-state index in [0.29, 0.717) is 5.56 Å². The Kier molecular flexibility index (Phi) is 15.0. The van der Waals surface area contributed by atoms with E-state index in [1.807, 2.05) is 0 Å². The Bertz CT molecular complexity index is 1660. The van der Waals surface area contributed by atoms with Crippen molar-refractivity contribution in [2.45, 2.75) is 64.5 Å². The summed E-state index contributed by atoms with van der Waals surface area (Å²) >= 11 is 0. The van der Waals surface area contributed by atoms with Crippen molar-refractivity contribution in [3.05, 3.63) is 36.4 Å². The van der Waals surface area contributed by atoms with Crippen LogP contribution in [0.25, 0.3) is 0 Å². The average Bonchev–Trinajstić information content (AvgIpc) is 3.63. The molecule has 0 radical (unpaired) electrons. The second-order valence-electron chi connectivity index (χ2n) is 10.8. The van der Waals surface area contributed by atoms with Gasteiger partial charge in [0, 0.05) is 27.8 Å². The van der Waals surface area contributed by atoms with Gasteiger partial charge in [-0.1, -0.05) is 12.0 Å². The number of carbonyl (C=O) groups is 7. The van der Waals surface area contributed by atoms with Gasteiger partial charge in [0.25, 0.3) is 0 Å². The molecular weight excluding hydrogens is 694 g/mol. The molecule has 1 fully saturated rings. The number of aromatic nitrogens is 3. The molecule has 3 rings (SSSR count). The van der Waals surface area contributed by atoms with Gasteiger partial charge in [-0.05, 0) is 17.7 Å². The Balaban J connectivity index is 1.98. The first kappa shape index (κ1) is 40.4. The van der Waals surface area contributed by atoms with Crippen molar-refractivity contribution in [2.24, 2.45) is 0 Å². The van der Waals surface area contributed by atoms with Crippen LogP contribution in [-0.2, 0) is 68.5 Å². The van der Waals surface area contributed by atoms with E-state index in [1.54, 1.807) is 0 Å². The van der Waals surface area contributed by atoms with Crippen LogP contribution in [0.2, 0.25) is 0 Å². The third kappa shape index (κ3) is 11.8. The Morgan fingerprint density at radius 3 is 2.29 bits per heavy atom. The lowest BCUT2D eigenvalue weighted by Gasteiger charge is -2.43. The third-order valence-corrected chi connectivity index (χ3v) is 6.82. The monoisotopic (exact) mass is 731 g/mol. The zero-order valence-corrected chi connectivity index (χ0v) is 28.8. The molecular formula is C32H37N5O15. The van der Waals surface area contributed by atoms with Gasteiger partial charge in [0.05, 0.1) is 32.4 Å². The molecule has 20 heteroatoms. The molecule has 2 aromatic rings. The van der Waals surface area contributed by atoms with Crippen LogP contribution in [0, 0.1) is 12.3 Å². The van der Waals surface area contributed by atoms with Gasteiger partial charge in [-0.25, -0.2) is 14.6 Å². The molecule has 1 N–H and O–H groups in total. The lowest BCUT2D eigenvalue weighted by atomic mass is 9.97. The van der Waals surface area contributed by atoms with Crippen LogP contribution < -0.4 is 10.1 Å². The topological polar surface area (TPSA) is 239 Å². The molecule has 0 aliphatic carbocycles. The molecule has 1 aromatic heterocycles. The number of hydrogen-bond donors (Lipinski definition) is 1. The largest absolute Gasteiger partial charge is 0.467 e. The molecule has 2 amide bonds. The van der Waals surface area contributed by atoms with Gasteiger partial charge in [0.15, 0.2) is 18.3 Å². The number of likely N-dealkylation sites (N-methyl/N-ethyl adjacent to an activating group) is 1. The maximum Gasteiger partial charge on any atom is 0.436 e. The molecule has 0 saturated carbocycles. The second kappa shape index (κ2) is 19.4. The van der Waals surface area contributed by atoms with Crippen molar-refractivity contribution in [1.82, 2.24) is 19.7 Å². The number of methoxy groups -OCH3 is 1. The Labute approximate surface area is 296 Å².